The average molecular weight is 761 g/mol. The molecule has 10 nitrogen and oxygen atoms in total. The normalized spacial score (nSPS) is 14.1. The molecule has 0 N–H and O–H groups in total. The minimum atomic E-state index is -4.07. The van der Waals surface area contributed by atoms with Gasteiger partial charge in [0.15, 0.2) is 0 Å². The number of pyridine rings is 2. The van der Waals surface area contributed by atoms with Gasteiger partial charge in [0.25, 0.3) is 0 Å². The van der Waals surface area contributed by atoms with Crippen molar-refractivity contribution in [3.05, 3.63) is 178 Å². The van der Waals surface area contributed by atoms with E-state index in [-0.39, 0.29) is 49.2 Å². The summed E-state index contributed by atoms with van der Waals surface area (Å²) in [4.78, 5) is 9.95. The summed E-state index contributed by atoms with van der Waals surface area (Å²) in [5.74, 6) is 0.869. The summed E-state index contributed by atoms with van der Waals surface area (Å²) < 4.78 is 72.6. The molecule has 7 rings (SSSR count). The Balaban J connectivity index is 1.34. The first kappa shape index (κ1) is 36.9. The second-order valence-corrected chi connectivity index (χ2v) is 17.2. The highest BCUT2D eigenvalue weighted by Crippen LogP contribution is 2.29. The minimum Gasteiger partial charge on any atom is -0.489 e. The van der Waals surface area contributed by atoms with Crippen LogP contribution in [0, 0.1) is 13.8 Å². The van der Waals surface area contributed by atoms with Gasteiger partial charge in [0.05, 0.1) is 58.7 Å². The molecule has 6 aromatic rings. The van der Waals surface area contributed by atoms with Crippen LogP contribution in [0.1, 0.15) is 45.0 Å². The summed E-state index contributed by atoms with van der Waals surface area (Å²) in [6.07, 6.45) is 0. The van der Waals surface area contributed by atoms with E-state index in [0.29, 0.717) is 34.3 Å². The van der Waals surface area contributed by atoms with Gasteiger partial charge in [0.1, 0.15) is 24.7 Å². The van der Waals surface area contributed by atoms with Crippen LogP contribution in [0.2, 0.25) is 0 Å². The third-order valence-corrected chi connectivity index (χ3v) is 12.6. The number of sulfonamides is 2. The lowest BCUT2D eigenvalue weighted by molar-refractivity contribution is 0.300. The third kappa shape index (κ3) is 8.86. The van der Waals surface area contributed by atoms with Crippen LogP contribution in [0.4, 0.5) is 0 Å². The highest BCUT2D eigenvalue weighted by Gasteiger charge is 2.30. The topological polar surface area (TPSA) is 119 Å². The van der Waals surface area contributed by atoms with E-state index in [2.05, 4.69) is 0 Å². The van der Waals surface area contributed by atoms with Gasteiger partial charge in [0, 0.05) is 24.3 Å². The molecular weight excluding hydrogens is 721 g/mol. The van der Waals surface area contributed by atoms with Crippen LogP contribution in [0.25, 0.3) is 0 Å². The van der Waals surface area contributed by atoms with Gasteiger partial charge in [0.2, 0.25) is 20.0 Å². The fraction of sp³-hybridized carbons (Fsp3) is 0.190. The third-order valence-electron chi connectivity index (χ3n) is 8.98. The van der Waals surface area contributed by atoms with E-state index in [1.54, 1.807) is 72.8 Å². The lowest BCUT2D eigenvalue weighted by Gasteiger charge is -2.26. The molecule has 0 amide bonds. The maximum absolute atomic E-state index is 14.4. The molecule has 0 spiro atoms. The van der Waals surface area contributed by atoms with Crippen molar-refractivity contribution in [2.75, 3.05) is 0 Å². The molecule has 0 saturated heterocycles. The number of ether oxygens (including phenoxy) is 2. The molecule has 12 heteroatoms. The Morgan fingerprint density at radius 2 is 0.796 bits per heavy atom. The fourth-order valence-electron chi connectivity index (χ4n) is 6.10. The highest BCUT2D eigenvalue weighted by molar-refractivity contribution is 7.89. The monoisotopic (exact) mass is 760 g/mol. The number of aryl methyl sites for hydroxylation is 2. The molecule has 0 fully saturated rings. The van der Waals surface area contributed by atoms with Crippen LogP contribution in [0.5, 0.6) is 11.5 Å². The number of benzene rings is 4. The first-order valence-corrected chi connectivity index (χ1v) is 20.4. The predicted octanol–water partition coefficient (Wildman–Crippen LogP) is 7.35. The summed E-state index contributed by atoms with van der Waals surface area (Å²) in [6, 6.07) is 39.5. The highest BCUT2D eigenvalue weighted by atomic mass is 32.2. The van der Waals surface area contributed by atoms with Crippen LogP contribution >= 0.6 is 0 Å². The summed E-state index contributed by atoms with van der Waals surface area (Å²) >= 11 is 0. The van der Waals surface area contributed by atoms with Gasteiger partial charge in [-0.2, -0.15) is 8.61 Å². The summed E-state index contributed by atoms with van der Waals surface area (Å²) in [5.41, 5.74) is 5.27. The summed E-state index contributed by atoms with van der Waals surface area (Å²) in [6.45, 7) is 3.75. The lowest BCUT2D eigenvalue weighted by Crippen LogP contribution is -2.33. The van der Waals surface area contributed by atoms with E-state index >= 15 is 0 Å². The van der Waals surface area contributed by atoms with E-state index in [9.17, 15) is 16.8 Å². The molecule has 276 valence electrons. The Kier molecular flexibility index (Phi) is 10.9. The van der Waals surface area contributed by atoms with Crippen molar-refractivity contribution in [2.45, 2.75) is 63.0 Å². The van der Waals surface area contributed by atoms with Crippen LogP contribution in [0.15, 0.2) is 143 Å². The van der Waals surface area contributed by atoms with Gasteiger partial charge in [-0.3, -0.25) is 9.97 Å². The van der Waals surface area contributed by atoms with E-state index < -0.39 is 20.0 Å². The standard InChI is InChI=1S/C42H40N4O6S2/c1-31-13-17-41(18-14-31)53(47,48)45-25-35-21-39(51-29-33-9-5-3-6-10-33)23-37(43-35)27-46(54(49,50)42-19-15-32(2)16-20-42)28-38-24-40(22-36(26-45)44-38)52-30-34-11-7-4-8-12-34/h3-24H,25-30H2,1-2H3. The van der Waals surface area contributed by atoms with Crippen molar-refractivity contribution < 1.29 is 26.3 Å². The lowest BCUT2D eigenvalue weighted by atomic mass is 10.2. The second kappa shape index (κ2) is 15.9. The van der Waals surface area contributed by atoms with E-state index in [4.69, 9.17) is 19.4 Å². The maximum atomic E-state index is 14.4. The molecule has 4 aromatic carbocycles. The summed E-state index contributed by atoms with van der Waals surface area (Å²) in [5, 5.41) is 0. The molecule has 0 unspecified atom stereocenters. The number of hydrogen-bond donors (Lipinski definition) is 0. The Morgan fingerprint density at radius 1 is 0.481 bits per heavy atom. The average Bonchev–Trinajstić information content (AvgIpc) is 3.16. The zero-order valence-corrected chi connectivity index (χ0v) is 31.6. The van der Waals surface area contributed by atoms with Gasteiger partial charge >= 0.3 is 0 Å². The number of hydrogen-bond acceptors (Lipinski definition) is 8. The molecule has 0 radical (unpaired) electrons. The Hall–Kier alpha value is -5.40. The zero-order chi connectivity index (χ0) is 37.7. The molecule has 0 atom stereocenters. The Morgan fingerprint density at radius 3 is 1.11 bits per heavy atom. The van der Waals surface area contributed by atoms with Crippen LogP contribution in [-0.4, -0.2) is 35.4 Å². The second-order valence-electron chi connectivity index (χ2n) is 13.3. The first-order chi connectivity index (χ1) is 26.0. The maximum Gasteiger partial charge on any atom is 0.243 e. The van der Waals surface area contributed by atoms with Crippen LogP contribution in [0.3, 0.4) is 0 Å². The predicted molar refractivity (Wildman–Crippen MR) is 205 cm³/mol. The quantitative estimate of drug-likeness (QED) is 0.142. The number of fused-ring (bicyclic) bond motifs is 4. The molecule has 2 aromatic heterocycles. The molecule has 1 aliphatic rings. The van der Waals surface area contributed by atoms with Gasteiger partial charge in [-0.25, -0.2) is 16.8 Å². The Bertz CT molecular complexity index is 2220. The van der Waals surface area contributed by atoms with E-state index in [1.165, 1.54) is 8.61 Å². The van der Waals surface area contributed by atoms with Crippen molar-refractivity contribution in [3.8, 4) is 11.5 Å². The molecule has 4 bridgehead atoms. The minimum absolute atomic E-state index is 0.129. The molecule has 3 heterocycles. The van der Waals surface area contributed by atoms with Gasteiger partial charge in [-0.15, -0.1) is 0 Å². The molecule has 54 heavy (non-hydrogen) atoms. The van der Waals surface area contributed by atoms with Gasteiger partial charge in [-0.05, 0) is 49.2 Å². The largest absolute Gasteiger partial charge is 0.489 e. The summed E-state index contributed by atoms with van der Waals surface area (Å²) in [7, 11) is -8.15. The number of rotatable bonds is 10. The first-order valence-electron chi connectivity index (χ1n) is 17.5. The van der Waals surface area contributed by atoms with Crippen molar-refractivity contribution in [2.24, 2.45) is 0 Å². The fourth-order valence-corrected chi connectivity index (χ4v) is 8.87. The smallest absolute Gasteiger partial charge is 0.243 e. The SMILES string of the molecule is Cc1ccc(S(=O)(=O)N2Cc3cc(OCc4ccccc4)cc(n3)CN(S(=O)(=O)c3ccc(C)cc3)Cc3cc(OCc4ccccc4)cc(n3)C2)cc1. The number of nitrogens with zero attached hydrogens (tertiary/aromatic N) is 4. The van der Waals surface area contributed by atoms with Crippen LogP contribution < -0.4 is 9.47 Å². The molecule has 0 saturated carbocycles. The Labute approximate surface area is 316 Å². The van der Waals surface area contributed by atoms with Gasteiger partial charge in [-0.1, -0.05) is 96.1 Å². The zero-order valence-electron chi connectivity index (χ0n) is 30.0. The van der Waals surface area contributed by atoms with Crippen molar-refractivity contribution in [3.63, 3.8) is 0 Å². The van der Waals surface area contributed by atoms with E-state index in [0.717, 1.165) is 22.3 Å². The van der Waals surface area contributed by atoms with Crippen LogP contribution in [-0.2, 0) is 59.4 Å². The van der Waals surface area contributed by atoms with E-state index in [1.807, 2.05) is 74.5 Å². The van der Waals surface area contributed by atoms with Crippen molar-refractivity contribution in [1.82, 2.24) is 18.6 Å². The van der Waals surface area contributed by atoms with Crippen molar-refractivity contribution in [1.29, 1.82) is 0 Å². The number of aromatic nitrogens is 2. The molecular formula is C42H40N4O6S2. The molecule has 1 aliphatic heterocycles. The van der Waals surface area contributed by atoms with Crippen molar-refractivity contribution >= 4 is 20.0 Å². The molecule has 0 aliphatic carbocycles. The van der Waals surface area contributed by atoms with Gasteiger partial charge < -0.3 is 9.47 Å².